The van der Waals surface area contributed by atoms with E-state index < -0.39 is 0 Å². The molecule has 5 rings (SSSR count). The van der Waals surface area contributed by atoms with Crippen molar-refractivity contribution >= 4 is 5.91 Å². The molecule has 1 amide bonds. The molecule has 3 heterocycles. The molecule has 1 aromatic carbocycles. The number of carbonyl (C=O) groups is 1. The fraction of sp³-hybridized carbons (Fsp3) is 0.381. The number of piperidine rings is 1. The highest BCUT2D eigenvalue weighted by Gasteiger charge is 2.51. The first-order valence-electron chi connectivity index (χ1n) is 9.85. The van der Waals surface area contributed by atoms with Crippen LogP contribution in [0.15, 0.2) is 51.8 Å². The number of likely N-dealkylation sites (tertiary alicyclic amines) is 1. The van der Waals surface area contributed by atoms with Crippen molar-refractivity contribution in [3.63, 3.8) is 0 Å². The summed E-state index contributed by atoms with van der Waals surface area (Å²) in [6.07, 6.45) is 2.92. The van der Waals surface area contributed by atoms with Gasteiger partial charge in [-0.05, 0) is 38.2 Å². The Labute approximate surface area is 167 Å². The van der Waals surface area contributed by atoms with Gasteiger partial charge in [0.25, 0.3) is 5.56 Å². The highest BCUT2D eigenvalue weighted by Crippen LogP contribution is 2.50. The summed E-state index contributed by atoms with van der Waals surface area (Å²) in [5, 5.41) is 8.32. The number of hydrogen-bond acceptors (Lipinski definition) is 6. The number of hydrogen-bond donors (Lipinski definition) is 0. The van der Waals surface area contributed by atoms with Crippen LogP contribution in [0.2, 0.25) is 0 Å². The maximum atomic E-state index is 13.2. The number of fused-ring (bicyclic) bond motifs is 2. The molecule has 2 aliphatic rings. The molecule has 29 heavy (non-hydrogen) atoms. The highest BCUT2D eigenvalue weighted by atomic mass is 16.5. The number of carbonyl (C=O) groups excluding carboxylic acids is 1. The molecular formula is C21H21N5O3. The molecule has 2 fully saturated rings. The molecule has 3 aromatic rings. The summed E-state index contributed by atoms with van der Waals surface area (Å²) < 4.78 is 6.82. The van der Waals surface area contributed by atoms with Gasteiger partial charge in [0.15, 0.2) is 0 Å². The van der Waals surface area contributed by atoms with Crippen LogP contribution in [0.1, 0.15) is 36.9 Å². The van der Waals surface area contributed by atoms with E-state index in [9.17, 15) is 9.59 Å². The highest BCUT2D eigenvalue weighted by molar-refractivity contribution is 5.77. The summed E-state index contributed by atoms with van der Waals surface area (Å²) in [6.45, 7) is 1.71. The lowest BCUT2D eigenvalue weighted by atomic mass is 9.98. The molecule has 1 saturated carbocycles. The Kier molecular flexibility index (Phi) is 4.26. The van der Waals surface area contributed by atoms with E-state index in [0.717, 1.165) is 24.8 Å². The van der Waals surface area contributed by atoms with Crippen molar-refractivity contribution in [1.29, 1.82) is 0 Å². The Hall–Kier alpha value is -3.29. The average Bonchev–Trinajstić information content (AvgIpc) is 3.47. The van der Waals surface area contributed by atoms with E-state index in [4.69, 9.17) is 4.52 Å². The Morgan fingerprint density at radius 2 is 2.00 bits per heavy atom. The number of rotatable bonds is 4. The minimum Gasteiger partial charge on any atom is -0.337 e. The monoisotopic (exact) mass is 391 g/mol. The first-order chi connectivity index (χ1) is 14.1. The molecule has 2 unspecified atom stereocenters. The van der Waals surface area contributed by atoms with Crippen molar-refractivity contribution in [2.75, 3.05) is 0 Å². The van der Waals surface area contributed by atoms with E-state index in [1.807, 2.05) is 35.2 Å². The second-order valence-corrected chi connectivity index (χ2v) is 7.77. The Bertz CT molecular complexity index is 1110. The van der Waals surface area contributed by atoms with Crippen molar-refractivity contribution in [2.45, 2.75) is 44.8 Å². The molecule has 0 spiro atoms. The molecule has 1 saturated heterocycles. The minimum absolute atomic E-state index is 0.0834. The van der Waals surface area contributed by atoms with Crippen LogP contribution in [0.4, 0.5) is 0 Å². The van der Waals surface area contributed by atoms with Crippen molar-refractivity contribution in [1.82, 2.24) is 24.8 Å². The quantitative estimate of drug-likeness (QED) is 0.678. The second-order valence-electron chi connectivity index (χ2n) is 7.77. The molecule has 0 N–H and O–H groups in total. The molecule has 2 bridgehead atoms. The lowest BCUT2D eigenvalue weighted by Gasteiger charge is -2.33. The molecule has 3 atom stereocenters. The summed E-state index contributed by atoms with van der Waals surface area (Å²) in [7, 11) is 0. The third kappa shape index (κ3) is 3.14. The fourth-order valence-corrected chi connectivity index (χ4v) is 4.60. The van der Waals surface area contributed by atoms with Gasteiger partial charge in [0.1, 0.15) is 12.6 Å². The topological polar surface area (TPSA) is 94.1 Å². The fourth-order valence-electron chi connectivity index (χ4n) is 4.60. The van der Waals surface area contributed by atoms with E-state index in [2.05, 4.69) is 15.2 Å². The van der Waals surface area contributed by atoms with Gasteiger partial charge in [-0.3, -0.25) is 9.59 Å². The van der Waals surface area contributed by atoms with E-state index in [1.54, 1.807) is 13.0 Å². The average molecular weight is 391 g/mol. The van der Waals surface area contributed by atoms with Gasteiger partial charge in [0.2, 0.25) is 17.6 Å². The zero-order valence-electron chi connectivity index (χ0n) is 16.1. The maximum Gasteiger partial charge on any atom is 0.267 e. The predicted octanol–water partition coefficient (Wildman–Crippen LogP) is 2.35. The predicted molar refractivity (Wildman–Crippen MR) is 104 cm³/mol. The number of aromatic nitrogens is 4. The zero-order chi connectivity index (χ0) is 20.0. The largest absolute Gasteiger partial charge is 0.337 e. The standard InChI is InChI=1S/C21H21N5O3/c1-13-7-10-17(27)25(23-13)12-18(28)26-16-9-8-15(11-16)19(26)21-22-20(24-29-21)14-5-3-2-4-6-14/h2-7,10,15-16,19H,8-9,11-12H2,1H3/t15?,16?,19-/m0/s1. The van der Waals surface area contributed by atoms with Crippen molar-refractivity contribution in [3.8, 4) is 11.4 Å². The minimum atomic E-state index is -0.283. The Morgan fingerprint density at radius 1 is 1.17 bits per heavy atom. The Morgan fingerprint density at radius 3 is 2.83 bits per heavy atom. The van der Waals surface area contributed by atoms with Crippen LogP contribution in [-0.2, 0) is 11.3 Å². The molecule has 2 aromatic heterocycles. The van der Waals surface area contributed by atoms with Gasteiger partial charge in [-0.1, -0.05) is 35.5 Å². The van der Waals surface area contributed by atoms with Crippen LogP contribution in [-0.4, -0.2) is 36.8 Å². The number of benzene rings is 1. The Balaban J connectivity index is 1.43. The normalized spacial score (nSPS) is 22.9. The van der Waals surface area contributed by atoms with Crippen molar-refractivity contribution in [2.24, 2.45) is 5.92 Å². The van der Waals surface area contributed by atoms with Gasteiger partial charge in [-0.2, -0.15) is 10.1 Å². The summed E-state index contributed by atoms with van der Waals surface area (Å²) in [5.74, 6) is 1.15. The summed E-state index contributed by atoms with van der Waals surface area (Å²) in [5.41, 5.74) is 1.29. The van der Waals surface area contributed by atoms with Gasteiger partial charge < -0.3 is 9.42 Å². The van der Waals surface area contributed by atoms with Crippen LogP contribution in [0.3, 0.4) is 0 Å². The van der Waals surface area contributed by atoms with Crippen LogP contribution < -0.4 is 5.56 Å². The van der Waals surface area contributed by atoms with E-state index in [1.165, 1.54) is 10.7 Å². The molecule has 0 radical (unpaired) electrons. The maximum absolute atomic E-state index is 13.2. The number of aryl methyl sites for hydroxylation is 1. The zero-order valence-corrected chi connectivity index (χ0v) is 16.1. The van der Waals surface area contributed by atoms with E-state index in [0.29, 0.717) is 23.3 Å². The molecule has 1 aliphatic carbocycles. The van der Waals surface area contributed by atoms with E-state index >= 15 is 0 Å². The van der Waals surface area contributed by atoms with Crippen LogP contribution in [0, 0.1) is 12.8 Å². The molecular weight excluding hydrogens is 370 g/mol. The molecule has 8 nitrogen and oxygen atoms in total. The molecule has 1 aliphatic heterocycles. The van der Waals surface area contributed by atoms with Crippen LogP contribution >= 0.6 is 0 Å². The summed E-state index contributed by atoms with van der Waals surface area (Å²) >= 11 is 0. The van der Waals surface area contributed by atoms with Gasteiger partial charge in [0, 0.05) is 17.7 Å². The van der Waals surface area contributed by atoms with Crippen molar-refractivity contribution in [3.05, 3.63) is 64.4 Å². The lowest BCUT2D eigenvalue weighted by molar-refractivity contribution is -0.137. The van der Waals surface area contributed by atoms with Crippen molar-refractivity contribution < 1.29 is 9.32 Å². The number of amides is 1. The third-order valence-corrected chi connectivity index (χ3v) is 5.88. The van der Waals surface area contributed by atoms with Gasteiger partial charge in [-0.15, -0.1) is 0 Å². The smallest absolute Gasteiger partial charge is 0.267 e. The molecule has 8 heteroatoms. The summed E-state index contributed by atoms with van der Waals surface area (Å²) in [4.78, 5) is 31.7. The van der Waals surface area contributed by atoms with Gasteiger partial charge >= 0.3 is 0 Å². The van der Waals surface area contributed by atoms with E-state index in [-0.39, 0.29) is 30.1 Å². The first-order valence-corrected chi connectivity index (χ1v) is 9.85. The third-order valence-electron chi connectivity index (χ3n) is 5.88. The summed E-state index contributed by atoms with van der Waals surface area (Å²) in [6, 6.07) is 12.6. The number of nitrogens with zero attached hydrogens (tertiary/aromatic N) is 5. The molecule has 148 valence electrons. The van der Waals surface area contributed by atoms with Crippen LogP contribution in [0.5, 0.6) is 0 Å². The second kappa shape index (κ2) is 6.95. The SMILES string of the molecule is Cc1ccc(=O)n(CC(=O)N2C3CCC(C3)[C@H]2c2nc(-c3ccccc3)no2)n1. The lowest BCUT2D eigenvalue weighted by Crippen LogP contribution is -2.43. The van der Waals surface area contributed by atoms with Crippen LogP contribution in [0.25, 0.3) is 11.4 Å². The van der Waals surface area contributed by atoms with Gasteiger partial charge in [0.05, 0.1) is 5.69 Å². The van der Waals surface area contributed by atoms with Gasteiger partial charge in [-0.25, -0.2) is 4.68 Å². The first kappa shape index (κ1) is 17.8.